The molecule has 0 bridgehead atoms. The molecule has 3 N–H and O–H groups in total. The molecule has 0 aliphatic heterocycles. The van der Waals surface area contributed by atoms with Crippen molar-refractivity contribution in [2.24, 2.45) is 5.92 Å². The van der Waals surface area contributed by atoms with Crippen LogP contribution in [0.5, 0.6) is 0 Å². The quantitative estimate of drug-likeness (QED) is 0.719. The Hall–Kier alpha value is -1.88. The second-order valence-electron chi connectivity index (χ2n) is 6.33. The third-order valence-corrected chi connectivity index (χ3v) is 4.28. The van der Waals surface area contributed by atoms with Crippen LogP contribution in [0.15, 0.2) is 30.3 Å². The number of aliphatic hydroxyl groups is 1. The highest BCUT2D eigenvalue weighted by molar-refractivity contribution is 5.81. The van der Waals surface area contributed by atoms with E-state index in [1.165, 1.54) is 0 Å². The molecule has 2 amide bonds. The van der Waals surface area contributed by atoms with Crippen molar-refractivity contribution in [3.05, 3.63) is 35.9 Å². The fraction of sp³-hybridized carbons (Fsp3) is 0.556. The molecule has 2 atom stereocenters. The zero-order valence-electron chi connectivity index (χ0n) is 13.6. The van der Waals surface area contributed by atoms with Gasteiger partial charge in [-0.25, -0.2) is 0 Å². The van der Waals surface area contributed by atoms with Gasteiger partial charge in [0, 0.05) is 24.9 Å². The van der Waals surface area contributed by atoms with Crippen LogP contribution in [0.4, 0.5) is 0 Å². The van der Waals surface area contributed by atoms with Gasteiger partial charge < -0.3 is 15.7 Å². The van der Waals surface area contributed by atoms with Gasteiger partial charge in [-0.3, -0.25) is 9.59 Å². The number of hydrogen-bond donors (Lipinski definition) is 3. The number of rotatable bonds is 7. The summed E-state index contributed by atoms with van der Waals surface area (Å²) in [4.78, 5) is 23.9. The maximum atomic E-state index is 12.0. The third kappa shape index (κ3) is 5.67. The molecule has 0 heterocycles. The number of amides is 2. The van der Waals surface area contributed by atoms with E-state index in [2.05, 4.69) is 10.6 Å². The van der Waals surface area contributed by atoms with Crippen LogP contribution in [0.2, 0.25) is 0 Å². The number of benzene rings is 1. The van der Waals surface area contributed by atoms with E-state index in [-0.39, 0.29) is 36.7 Å². The van der Waals surface area contributed by atoms with E-state index in [1.807, 2.05) is 37.3 Å². The number of carbonyl (C=O) groups is 2. The summed E-state index contributed by atoms with van der Waals surface area (Å²) in [5.74, 6) is 0.00624. The molecular formula is C18H26N2O3. The highest BCUT2D eigenvalue weighted by atomic mass is 16.3. The Bertz CT molecular complexity index is 512. The first-order valence-electron chi connectivity index (χ1n) is 8.36. The van der Waals surface area contributed by atoms with Gasteiger partial charge in [-0.1, -0.05) is 43.2 Å². The summed E-state index contributed by atoms with van der Waals surface area (Å²) in [6.07, 6.45) is 3.64. The molecule has 1 aliphatic carbocycles. The maximum absolute atomic E-state index is 12.0. The van der Waals surface area contributed by atoms with Gasteiger partial charge in [0.25, 0.3) is 0 Å². The topological polar surface area (TPSA) is 78.4 Å². The van der Waals surface area contributed by atoms with Crippen LogP contribution in [-0.4, -0.2) is 29.5 Å². The van der Waals surface area contributed by atoms with Gasteiger partial charge in [0.1, 0.15) is 0 Å². The van der Waals surface area contributed by atoms with Gasteiger partial charge in [0.05, 0.1) is 6.10 Å². The molecular weight excluding hydrogens is 292 g/mol. The second kappa shape index (κ2) is 8.67. The Morgan fingerprint density at radius 2 is 1.87 bits per heavy atom. The molecule has 0 unspecified atom stereocenters. The van der Waals surface area contributed by atoms with Crippen LogP contribution < -0.4 is 10.6 Å². The normalized spacial score (nSPS) is 17.5. The molecule has 0 aromatic heterocycles. The van der Waals surface area contributed by atoms with Crippen molar-refractivity contribution in [2.75, 3.05) is 6.54 Å². The Balaban J connectivity index is 1.68. The molecule has 126 valence electrons. The van der Waals surface area contributed by atoms with Gasteiger partial charge in [-0.2, -0.15) is 0 Å². The fourth-order valence-corrected chi connectivity index (χ4v) is 2.95. The van der Waals surface area contributed by atoms with Crippen molar-refractivity contribution in [3.8, 4) is 0 Å². The smallest absolute Gasteiger partial charge is 0.223 e. The molecule has 23 heavy (non-hydrogen) atoms. The highest BCUT2D eigenvalue weighted by Gasteiger charge is 2.24. The van der Waals surface area contributed by atoms with Gasteiger partial charge in [0.2, 0.25) is 11.8 Å². The van der Waals surface area contributed by atoms with Crippen LogP contribution in [0.3, 0.4) is 0 Å². The summed E-state index contributed by atoms with van der Waals surface area (Å²) >= 11 is 0. The predicted octanol–water partition coefficient (Wildman–Crippen LogP) is 1.92. The van der Waals surface area contributed by atoms with Crippen LogP contribution in [-0.2, 0) is 9.59 Å². The van der Waals surface area contributed by atoms with Gasteiger partial charge in [-0.15, -0.1) is 0 Å². The first-order valence-corrected chi connectivity index (χ1v) is 8.36. The lowest BCUT2D eigenvalue weighted by Crippen LogP contribution is -2.40. The van der Waals surface area contributed by atoms with Crippen LogP contribution >= 0.6 is 0 Å². The monoisotopic (exact) mass is 318 g/mol. The SMILES string of the molecule is C[C@@H](CC(=O)NC[C@H](O)c1ccccc1)NC(=O)C1CCCC1. The van der Waals surface area contributed by atoms with Crippen LogP contribution in [0.25, 0.3) is 0 Å². The lowest BCUT2D eigenvalue weighted by atomic mass is 10.1. The Morgan fingerprint density at radius 1 is 1.22 bits per heavy atom. The lowest BCUT2D eigenvalue weighted by molar-refractivity contribution is -0.126. The van der Waals surface area contributed by atoms with E-state index in [0.29, 0.717) is 0 Å². The minimum absolute atomic E-state index is 0.0621. The molecule has 5 nitrogen and oxygen atoms in total. The Morgan fingerprint density at radius 3 is 2.52 bits per heavy atom. The van der Waals surface area contributed by atoms with Gasteiger partial charge >= 0.3 is 0 Å². The van der Waals surface area contributed by atoms with E-state index in [9.17, 15) is 14.7 Å². The minimum Gasteiger partial charge on any atom is -0.387 e. The van der Waals surface area contributed by atoms with E-state index < -0.39 is 6.10 Å². The summed E-state index contributed by atoms with van der Waals surface area (Å²) in [5, 5.41) is 15.6. The summed E-state index contributed by atoms with van der Waals surface area (Å²) in [6.45, 7) is 2.01. The van der Waals surface area contributed by atoms with Crippen molar-refractivity contribution >= 4 is 11.8 Å². The summed E-state index contributed by atoms with van der Waals surface area (Å²) in [7, 11) is 0. The largest absolute Gasteiger partial charge is 0.387 e. The highest BCUT2D eigenvalue weighted by Crippen LogP contribution is 2.24. The van der Waals surface area contributed by atoms with E-state index in [0.717, 1.165) is 31.2 Å². The van der Waals surface area contributed by atoms with Gasteiger partial charge in [0.15, 0.2) is 0 Å². The summed E-state index contributed by atoms with van der Waals surface area (Å²) in [6, 6.07) is 9.02. The average molecular weight is 318 g/mol. The van der Waals surface area contributed by atoms with Crippen LogP contribution in [0, 0.1) is 5.92 Å². The van der Waals surface area contributed by atoms with Crippen molar-refractivity contribution in [3.63, 3.8) is 0 Å². The van der Waals surface area contributed by atoms with Gasteiger partial charge in [-0.05, 0) is 25.3 Å². The van der Waals surface area contributed by atoms with E-state index in [4.69, 9.17) is 0 Å². The zero-order valence-corrected chi connectivity index (χ0v) is 13.6. The van der Waals surface area contributed by atoms with Crippen LogP contribution in [0.1, 0.15) is 50.7 Å². The second-order valence-corrected chi connectivity index (χ2v) is 6.33. The van der Waals surface area contributed by atoms with Crippen molar-refractivity contribution < 1.29 is 14.7 Å². The predicted molar refractivity (Wildman–Crippen MR) is 88.6 cm³/mol. The summed E-state index contributed by atoms with van der Waals surface area (Å²) in [5.41, 5.74) is 0.774. The number of carbonyl (C=O) groups excluding carboxylic acids is 2. The maximum Gasteiger partial charge on any atom is 0.223 e. The van der Waals surface area contributed by atoms with Crippen molar-refractivity contribution in [2.45, 2.75) is 51.2 Å². The Labute approximate surface area is 137 Å². The number of hydrogen-bond acceptors (Lipinski definition) is 3. The standard InChI is InChI=1S/C18H26N2O3/c1-13(20-18(23)15-9-5-6-10-15)11-17(22)19-12-16(21)14-7-3-2-4-8-14/h2-4,7-8,13,15-16,21H,5-6,9-12H2,1H3,(H,19,22)(H,20,23)/t13-,16-/m0/s1. The number of nitrogens with one attached hydrogen (secondary N) is 2. The molecule has 0 saturated heterocycles. The molecule has 0 spiro atoms. The molecule has 0 radical (unpaired) electrons. The van der Waals surface area contributed by atoms with Crippen molar-refractivity contribution in [1.82, 2.24) is 10.6 Å². The zero-order chi connectivity index (χ0) is 16.7. The molecule has 1 aromatic carbocycles. The Kier molecular flexibility index (Phi) is 6.59. The molecule has 1 saturated carbocycles. The molecule has 1 aromatic rings. The lowest BCUT2D eigenvalue weighted by Gasteiger charge is -2.17. The summed E-state index contributed by atoms with van der Waals surface area (Å²) < 4.78 is 0. The minimum atomic E-state index is -0.719. The molecule has 1 aliphatic rings. The van der Waals surface area contributed by atoms with Crippen molar-refractivity contribution in [1.29, 1.82) is 0 Å². The first kappa shape index (κ1) is 17.5. The van der Waals surface area contributed by atoms with E-state index in [1.54, 1.807) is 0 Å². The first-order chi connectivity index (χ1) is 11.1. The average Bonchev–Trinajstić information content (AvgIpc) is 3.08. The third-order valence-electron chi connectivity index (χ3n) is 4.28. The number of aliphatic hydroxyl groups excluding tert-OH is 1. The molecule has 1 fully saturated rings. The molecule has 5 heteroatoms. The van der Waals surface area contributed by atoms with E-state index >= 15 is 0 Å². The fourth-order valence-electron chi connectivity index (χ4n) is 2.95. The molecule has 2 rings (SSSR count).